The lowest BCUT2D eigenvalue weighted by molar-refractivity contribution is -0.131. The molecule has 0 radical (unpaired) electrons. The first-order chi connectivity index (χ1) is 12.5. The molecule has 0 bridgehead atoms. The lowest BCUT2D eigenvalue weighted by atomic mass is 10.1. The number of hydrogen-bond acceptors (Lipinski definition) is 5. The average Bonchev–Trinajstić information content (AvgIpc) is 3.29. The van der Waals surface area contributed by atoms with Crippen molar-refractivity contribution in [2.75, 3.05) is 25.6 Å². The molecule has 26 heavy (non-hydrogen) atoms. The SMILES string of the molecule is COc1ccc(C(C)N(C)C(=O)Cc2csc(N3CCCC3=O)n2)cc1. The summed E-state index contributed by atoms with van der Waals surface area (Å²) in [6.07, 6.45) is 1.68. The van der Waals surface area contributed by atoms with Crippen LogP contribution in [0.1, 0.15) is 37.1 Å². The predicted molar refractivity (Wildman–Crippen MR) is 102 cm³/mol. The van der Waals surface area contributed by atoms with Gasteiger partial charge in [-0.2, -0.15) is 0 Å². The number of benzene rings is 1. The van der Waals surface area contributed by atoms with E-state index in [2.05, 4.69) is 4.98 Å². The number of likely N-dealkylation sites (N-methyl/N-ethyl adjacent to an activating group) is 1. The van der Waals surface area contributed by atoms with Crippen LogP contribution in [0, 0.1) is 0 Å². The molecule has 0 spiro atoms. The second-order valence-corrected chi connectivity index (χ2v) is 7.24. The number of thiazole rings is 1. The molecule has 138 valence electrons. The highest BCUT2D eigenvalue weighted by atomic mass is 32.1. The van der Waals surface area contributed by atoms with Gasteiger partial charge in [0.1, 0.15) is 5.75 Å². The zero-order valence-electron chi connectivity index (χ0n) is 15.3. The third-order valence-electron chi connectivity index (χ3n) is 4.75. The monoisotopic (exact) mass is 373 g/mol. The van der Waals surface area contributed by atoms with Crippen molar-refractivity contribution in [3.05, 3.63) is 40.9 Å². The molecular formula is C19H23N3O3S. The molecule has 6 nitrogen and oxygen atoms in total. The number of methoxy groups -OCH3 is 1. The van der Waals surface area contributed by atoms with E-state index in [1.165, 1.54) is 11.3 Å². The topological polar surface area (TPSA) is 62.7 Å². The van der Waals surface area contributed by atoms with Crippen molar-refractivity contribution < 1.29 is 14.3 Å². The van der Waals surface area contributed by atoms with Crippen LogP contribution in [0.4, 0.5) is 5.13 Å². The Labute approximate surface area is 157 Å². The number of amides is 2. The first-order valence-corrected chi connectivity index (χ1v) is 9.52. The van der Waals surface area contributed by atoms with Gasteiger partial charge in [0.05, 0.1) is 25.3 Å². The minimum Gasteiger partial charge on any atom is -0.497 e. The molecule has 1 fully saturated rings. The van der Waals surface area contributed by atoms with Gasteiger partial charge in [0.25, 0.3) is 0 Å². The lowest BCUT2D eigenvalue weighted by Crippen LogP contribution is -2.31. The van der Waals surface area contributed by atoms with Crippen molar-refractivity contribution in [3.63, 3.8) is 0 Å². The van der Waals surface area contributed by atoms with Gasteiger partial charge in [0.2, 0.25) is 11.8 Å². The Morgan fingerprint density at radius 1 is 1.38 bits per heavy atom. The molecule has 2 heterocycles. The van der Waals surface area contributed by atoms with Gasteiger partial charge >= 0.3 is 0 Å². The molecular weight excluding hydrogens is 350 g/mol. The fourth-order valence-corrected chi connectivity index (χ4v) is 3.82. The highest BCUT2D eigenvalue weighted by Crippen LogP contribution is 2.26. The van der Waals surface area contributed by atoms with Gasteiger partial charge in [-0.05, 0) is 31.0 Å². The smallest absolute Gasteiger partial charge is 0.228 e. The summed E-state index contributed by atoms with van der Waals surface area (Å²) in [5.41, 5.74) is 1.76. The number of hydrogen-bond donors (Lipinski definition) is 0. The summed E-state index contributed by atoms with van der Waals surface area (Å²) in [7, 11) is 3.43. The van der Waals surface area contributed by atoms with E-state index in [0.717, 1.165) is 17.7 Å². The molecule has 7 heteroatoms. The van der Waals surface area contributed by atoms with Crippen LogP contribution in [0.5, 0.6) is 5.75 Å². The Kier molecular flexibility index (Phi) is 5.56. The second-order valence-electron chi connectivity index (χ2n) is 6.40. The van der Waals surface area contributed by atoms with Crippen molar-refractivity contribution >= 4 is 28.3 Å². The van der Waals surface area contributed by atoms with Crippen LogP contribution >= 0.6 is 11.3 Å². The van der Waals surface area contributed by atoms with Gasteiger partial charge in [-0.1, -0.05) is 12.1 Å². The maximum atomic E-state index is 12.6. The number of carbonyl (C=O) groups excluding carboxylic acids is 2. The van der Waals surface area contributed by atoms with Gasteiger partial charge in [-0.25, -0.2) is 4.98 Å². The van der Waals surface area contributed by atoms with E-state index in [9.17, 15) is 9.59 Å². The van der Waals surface area contributed by atoms with E-state index in [-0.39, 0.29) is 24.3 Å². The fourth-order valence-electron chi connectivity index (χ4n) is 2.95. The van der Waals surface area contributed by atoms with Gasteiger partial charge in [0.15, 0.2) is 5.13 Å². The van der Waals surface area contributed by atoms with Crippen LogP contribution in [0.15, 0.2) is 29.6 Å². The zero-order chi connectivity index (χ0) is 18.7. The lowest BCUT2D eigenvalue weighted by Gasteiger charge is -2.25. The Bertz CT molecular complexity index is 788. The minimum atomic E-state index is -0.0494. The van der Waals surface area contributed by atoms with Gasteiger partial charge in [0, 0.05) is 25.4 Å². The summed E-state index contributed by atoms with van der Waals surface area (Å²) < 4.78 is 5.17. The number of rotatable bonds is 6. The Balaban J connectivity index is 1.63. The van der Waals surface area contributed by atoms with E-state index in [4.69, 9.17) is 4.74 Å². The first kappa shape index (κ1) is 18.4. The molecule has 1 saturated heterocycles. The Morgan fingerprint density at radius 2 is 2.12 bits per heavy atom. The molecule has 1 aromatic heterocycles. The molecule has 0 aliphatic carbocycles. The molecule has 3 rings (SSSR count). The predicted octanol–water partition coefficient (Wildman–Crippen LogP) is 3.04. The van der Waals surface area contributed by atoms with Crippen LogP contribution < -0.4 is 9.64 Å². The fraction of sp³-hybridized carbons (Fsp3) is 0.421. The van der Waals surface area contributed by atoms with Crippen LogP contribution in [-0.2, 0) is 16.0 Å². The molecule has 2 aromatic rings. The Morgan fingerprint density at radius 3 is 2.73 bits per heavy atom. The van der Waals surface area contributed by atoms with E-state index >= 15 is 0 Å². The molecule has 0 N–H and O–H groups in total. The van der Waals surface area contributed by atoms with E-state index in [1.807, 2.05) is 36.6 Å². The Hall–Kier alpha value is -2.41. The number of anilines is 1. The van der Waals surface area contributed by atoms with Gasteiger partial charge in [-0.15, -0.1) is 11.3 Å². The van der Waals surface area contributed by atoms with Crippen molar-refractivity contribution in [1.29, 1.82) is 0 Å². The summed E-state index contributed by atoms with van der Waals surface area (Å²) in [5.74, 6) is 0.904. The number of carbonyl (C=O) groups is 2. The number of ether oxygens (including phenoxy) is 1. The van der Waals surface area contributed by atoms with Gasteiger partial charge < -0.3 is 9.64 Å². The molecule has 1 atom stereocenters. The standard InChI is InChI=1S/C19H23N3O3S/c1-13(14-6-8-16(25-3)9-7-14)21(2)18(24)11-15-12-26-19(20-15)22-10-4-5-17(22)23/h6-9,12-13H,4-5,10-11H2,1-3H3. The largest absolute Gasteiger partial charge is 0.497 e. The summed E-state index contributed by atoms with van der Waals surface area (Å²) in [5, 5.41) is 2.56. The summed E-state index contributed by atoms with van der Waals surface area (Å²) in [6.45, 7) is 2.71. The summed E-state index contributed by atoms with van der Waals surface area (Å²) >= 11 is 1.42. The summed E-state index contributed by atoms with van der Waals surface area (Å²) in [6, 6.07) is 7.67. The quantitative estimate of drug-likeness (QED) is 0.781. The normalized spacial score (nSPS) is 15.2. The van der Waals surface area contributed by atoms with Crippen LogP contribution in [-0.4, -0.2) is 42.4 Å². The van der Waals surface area contributed by atoms with E-state index in [1.54, 1.807) is 24.0 Å². The third kappa shape index (κ3) is 3.88. The molecule has 1 aliphatic heterocycles. The zero-order valence-corrected chi connectivity index (χ0v) is 16.1. The van der Waals surface area contributed by atoms with E-state index in [0.29, 0.717) is 23.8 Å². The molecule has 2 amide bonds. The molecule has 1 aliphatic rings. The van der Waals surface area contributed by atoms with Crippen molar-refractivity contribution in [1.82, 2.24) is 9.88 Å². The first-order valence-electron chi connectivity index (χ1n) is 8.64. The number of aromatic nitrogens is 1. The van der Waals surface area contributed by atoms with Gasteiger partial charge in [-0.3, -0.25) is 14.5 Å². The summed E-state index contributed by atoms with van der Waals surface area (Å²) in [4.78, 5) is 32.4. The van der Waals surface area contributed by atoms with Crippen molar-refractivity contribution in [2.24, 2.45) is 0 Å². The highest BCUT2D eigenvalue weighted by Gasteiger charge is 2.25. The molecule has 1 aromatic carbocycles. The average molecular weight is 373 g/mol. The van der Waals surface area contributed by atoms with Crippen LogP contribution in [0.3, 0.4) is 0 Å². The maximum Gasteiger partial charge on any atom is 0.228 e. The van der Waals surface area contributed by atoms with E-state index < -0.39 is 0 Å². The third-order valence-corrected chi connectivity index (χ3v) is 5.66. The highest BCUT2D eigenvalue weighted by molar-refractivity contribution is 7.14. The second kappa shape index (κ2) is 7.86. The molecule has 0 saturated carbocycles. The maximum absolute atomic E-state index is 12.6. The number of nitrogens with zero attached hydrogens (tertiary/aromatic N) is 3. The van der Waals surface area contributed by atoms with Crippen LogP contribution in [0.2, 0.25) is 0 Å². The van der Waals surface area contributed by atoms with Crippen molar-refractivity contribution in [3.8, 4) is 5.75 Å². The van der Waals surface area contributed by atoms with Crippen molar-refractivity contribution in [2.45, 2.75) is 32.2 Å². The minimum absolute atomic E-state index is 0.00193. The van der Waals surface area contributed by atoms with Crippen LogP contribution in [0.25, 0.3) is 0 Å². The molecule has 1 unspecified atom stereocenters.